The van der Waals surface area contributed by atoms with E-state index in [9.17, 15) is 14.4 Å². The van der Waals surface area contributed by atoms with Crippen LogP contribution < -0.4 is 0 Å². The van der Waals surface area contributed by atoms with E-state index in [1.54, 1.807) is 0 Å². The number of ketones is 3. The molecule has 1 aromatic carbocycles. The van der Waals surface area contributed by atoms with Crippen molar-refractivity contribution in [3.8, 4) is 0 Å². The Labute approximate surface area is 221 Å². The van der Waals surface area contributed by atoms with Gasteiger partial charge in [-0.15, -0.1) is 0 Å². The lowest BCUT2D eigenvalue weighted by Gasteiger charge is -2.33. The first-order chi connectivity index (χ1) is 17.2. The molecule has 0 spiro atoms. The number of benzene rings is 1. The normalized spacial score (nSPS) is 19.6. The van der Waals surface area contributed by atoms with Gasteiger partial charge >= 0.3 is 0 Å². The van der Waals surface area contributed by atoms with E-state index in [2.05, 4.69) is 46.8 Å². The second-order valence-corrected chi connectivity index (χ2v) is 11.7. The van der Waals surface area contributed by atoms with Crippen molar-refractivity contribution in [1.82, 2.24) is 0 Å². The molecule has 2 aliphatic rings. The molecule has 2 aliphatic carbocycles. The third kappa shape index (κ3) is 8.67. The third-order valence-corrected chi connectivity index (χ3v) is 8.24. The molecule has 3 heteroatoms. The minimum absolute atomic E-state index is 0.0432. The Balaban J connectivity index is 0.00000145. The fourth-order valence-electron chi connectivity index (χ4n) is 6.70. The van der Waals surface area contributed by atoms with Gasteiger partial charge in [0.15, 0.2) is 5.78 Å². The fraction of sp³-hybridized carbons (Fsp3) is 0.727. The molecule has 1 aromatic rings. The minimum Gasteiger partial charge on any atom is -0.300 e. The monoisotopic (exact) mass is 496 g/mol. The Morgan fingerprint density at radius 1 is 0.972 bits per heavy atom. The summed E-state index contributed by atoms with van der Waals surface area (Å²) >= 11 is 0. The average Bonchev–Trinajstić information content (AvgIpc) is 2.82. The van der Waals surface area contributed by atoms with Crippen molar-refractivity contribution >= 4 is 17.3 Å². The molecule has 0 amide bonds. The van der Waals surface area contributed by atoms with Gasteiger partial charge in [0.05, 0.1) is 6.42 Å². The second-order valence-electron chi connectivity index (χ2n) is 11.7. The molecule has 0 heterocycles. The molecule has 0 radical (unpaired) electrons. The van der Waals surface area contributed by atoms with E-state index in [4.69, 9.17) is 0 Å². The molecule has 3 atom stereocenters. The molecule has 1 fully saturated rings. The van der Waals surface area contributed by atoms with E-state index in [0.717, 1.165) is 55.6 Å². The summed E-state index contributed by atoms with van der Waals surface area (Å²) in [6, 6.07) is 4.44. The van der Waals surface area contributed by atoms with Crippen LogP contribution in [0.15, 0.2) is 12.1 Å². The van der Waals surface area contributed by atoms with Gasteiger partial charge in [-0.25, -0.2) is 0 Å². The number of hydrogen-bond acceptors (Lipinski definition) is 3. The van der Waals surface area contributed by atoms with Gasteiger partial charge < -0.3 is 0 Å². The quantitative estimate of drug-likeness (QED) is 0.288. The van der Waals surface area contributed by atoms with Crippen molar-refractivity contribution in [3.05, 3.63) is 34.4 Å². The van der Waals surface area contributed by atoms with Gasteiger partial charge in [-0.05, 0) is 74.0 Å². The van der Waals surface area contributed by atoms with Gasteiger partial charge in [-0.1, -0.05) is 91.2 Å². The minimum atomic E-state index is -0.0652. The Hall–Kier alpha value is -1.77. The lowest BCUT2D eigenvalue weighted by molar-refractivity contribution is -0.129. The van der Waals surface area contributed by atoms with Crippen molar-refractivity contribution in [2.75, 3.05) is 0 Å². The highest BCUT2D eigenvalue weighted by Gasteiger charge is 2.34. The zero-order valence-corrected chi connectivity index (χ0v) is 24.1. The molecular weight excluding hydrogens is 444 g/mol. The molecule has 1 saturated carbocycles. The number of carbonyl (C=O) groups is 3. The average molecular weight is 497 g/mol. The summed E-state index contributed by atoms with van der Waals surface area (Å²) in [7, 11) is 0. The Morgan fingerprint density at radius 2 is 1.64 bits per heavy atom. The van der Waals surface area contributed by atoms with Crippen molar-refractivity contribution in [2.24, 2.45) is 23.7 Å². The molecule has 3 rings (SSSR count). The largest absolute Gasteiger partial charge is 0.300 e. The summed E-state index contributed by atoms with van der Waals surface area (Å²) in [4.78, 5) is 37.7. The topological polar surface area (TPSA) is 51.2 Å². The lowest BCUT2D eigenvalue weighted by atomic mass is 9.70. The molecule has 202 valence electrons. The van der Waals surface area contributed by atoms with Crippen LogP contribution in [0.1, 0.15) is 139 Å². The maximum atomic E-state index is 13.3. The Bertz CT molecular complexity index is 862. The number of Topliss-reactive ketones (excluding diaryl/α,β-unsaturated/α-hetero) is 3. The number of aryl methyl sites for hydroxylation is 1. The van der Waals surface area contributed by atoms with Crippen LogP contribution in [-0.2, 0) is 22.4 Å². The van der Waals surface area contributed by atoms with E-state index in [0.29, 0.717) is 18.1 Å². The number of rotatable bonds is 11. The fourth-order valence-corrected chi connectivity index (χ4v) is 6.70. The predicted molar refractivity (Wildman–Crippen MR) is 151 cm³/mol. The van der Waals surface area contributed by atoms with Crippen molar-refractivity contribution in [1.29, 1.82) is 0 Å². The van der Waals surface area contributed by atoms with E-state index >= 15 is 0 Å². The summed E-state index contributed by atoms with van der Waals surface area (Å²) in [5, 5.41) is 0. The van der Waals surface area contributed by atoms with Crippen LogP contribution in [0.4, 0.5) is 0 Å². The van der Waals surface area contributed by atoms with Crippen LogP contribution >= 0.6 is 0 Å². The zero-order chi connectivity index (χ0) is 26.7. The molecule has 0 bridgehead atoms. The molecule has 0 aliphatic heterocycles. The maximum absolute atomic E-state index is 13.3. The number of fused-ring (bicyclic) bond motifs is 1. The molecule has 3 unspecified atom stereocenters. The molecular formula is C33H52O3. The Morgan fingerprint density at radius 3 is 2.22 bits per heavy atom. The predicted octanol–water partition coefficient (Wildman–Crippen LogP) is 8.66. The van der Waals surface area contributed by atoms with Crippen LogP contribution in [-0.4, -0.2) is 17.3 Å². The SMILES string of the molecule is CCC.CCCC(CC1CC(=O)c2c(C)ccc(CC3CCCCC3)c2C1)C(CC)C(=O)CC(C)=O. The van der Waals surface area contributed by atoms with Crippen LogP contribution in [0.25, 0.3) is 0 Å². The molecule has 0 aromatic heterocycles. The van der Waals surface area contributed by atoms with Crippen molar-refractivity contribution in [2.45, 2.75) is 131 Å². The van der Waals surface area contributed by atoms with Gasteiger partial charge in [-0.3, -0.25) is 14.4 Å². The van der Waals surface area contributed by atoms with Crippen LogP contribution in [0.5, 0.6) is 0 Å². The van der Waals surface area contributed by atoms with Gasteiger partial charge in [-0.2, -0.15) is 0 Å². The Kier molecular flexibility index (Phi) is 13.1. The summed E-state index contributed by atoms with van der Waals surface area (Å²) < 4.78 is 0. The van der Waals surface area contributed by atoms with E-state index < -0.39 is 0 Å². The first-order valence-corrected chi connectivity index (χ1v) is 14.9. The maximum Gasteiger partial charge on any atom is 0.163 e. The van der Waals surface area contributed by atoms with E-state index in [1.807, 2.05) is 0 Å². The number of carbonyl (C=O) groups excluding carboxylic acids is 3. The van der Waals surface area contributed by atoms with Gasteiger partial charge in [0, 0.05) is 17.9 Å². The zero-order valence-electron chi connectivity index (χ0n) is 24.1. The van der Waals surface area contributed by atoms with Gasteiger partial charge in [0.2, 0.25) is 0 Å². The molecule has 3 nitrogen and oxygen atoms in total. The van der Waals surface area contributed by atoms with E-state index in [1.165, 1.54) is 56.6 Å². The van der Waals surface area contributed by atoms with Gasteiger partial charge in [0.25, 0.3) is 0 Å². The summed E-state index contributed by atoms with van der Waals surface area (Å²) in [6.45, 7) is 12.1. The highest BCUT2D eigenvalue weighted by atomic mass is 16.1. The summed E-state index contributed by atoms with van der Waals surface area (Å²) in [5.41, 5.74) is 4.81. The second kappa shape index (κ2) is 15.5. The van der Waals surface area contributed by atoms with Crippen LogP contribution in [0, 0.1) is 30.6 Å². The summed E-state index contributed by atoms with van der Waals surface area (Å²) in [5.74, 6) is 1.60. The standard InChI is InChI=1S/C30H44O3.C3H8/c1-5-10-24(26(6-2)28(32)15-21(4)31)17-23-18-27-25(16-22-11-8-7-9-12-22)14-13-20(3)30(27)29(33)19-23;1-3-2/h13-14,22-24,26H,5-12,15-19H2,1-4H3;3H2,1-2H3. The molecule has 36 heavy (non-hydrogen) atoms. The highest BCUT2D eigenvalue weighted by Crippen LogP contribution is 2.39. The first kappa shape index (κ1) is 30.5. The van der Waals surface area contributed by atoms with Gasteiger partial charge in [0.1, 0.15) is 11.6 Å². The first-order valence-electron chi connectivity index (χ1n) is 14.9. The smallest absolute Gasteiger partial charge is 0.163 e. The van der Waals surface area contributed by atoms with Crippen LogP contribution in [0.3, 0.4) is 0 Å². The number of hydrogen-bond donors (Lipinski definition) is 0. The molecule has 0 N–H and O–H groups in total. The van der Waals surface area contributed by atoms with Crippen molar-refractivity contribution < 1.29 is 14.4 Å². The highest BCUT2D eigenvalue weighted by molar-refractivity contribution is 6.00. The third-order valence-electron chi connectivity index (χ3n) is 8.24. The summed E-state index contributed by atoms with van der Waals surface area (Å²) in [6.07, 6.45) is 14.3. The van der Waals surface area contributed by atoms with E-state index in [-0.39, 0.29) is 29.8 Å². The molecule has 0 saturated heterocycles. The van der Waals surface area contributed by atoms with Crippen molar-refractivity contribution in [3.63, 3.8) is 0 Å². The van der Waals surface area contributed by atoms with Crippen LogP contribution in [0.2, 0.25) is 0 Å². The lowest BCUT2D eigenvalue weighted by Crippen LogP contribution is -2.30.